The molecule has 0 spiro atoms. The number of ether oxygens (including phenoxy) is 1. The minimum atomic E-state index is -0.709. The molecule has 0 bridgehead atoms. The predicted molar refractivity (Wildman–Crippen MR) is 138 cm³/mol. The molecule has 0 saturated heterocycles. The van der Waals surface area contributed by atoms with Gasteiger partial charge in [0.2, 0.25) is 0 Å². The second kappa shape index (κ2) is 10.3. The monoisotopic (exact) mass is 554 g/mol. The standard InChI is InChI=1S/C27H25BrF2N4O2/c1-14(2)26-32-12-15(3)24(33-26)22-11-20(8-9-31-22)34-17(5)16(4)25(23(28)27(34)35)36-13-18-6-7-19(29)10-21(18)30/h6-12,14H,13H2,1-5H3. The molecule has 0 aliphatic carbocycles. The summed E-state index contributed by atoms with van der Waals surface area (Å²) in [6, 6.07) is 6.85. The van der Waals surface area contributed by atoms with Crippen LogP contribution in [0.3, 0.4) is 0 Å². The van der Waals surface area contributed by atoms with Crippen molar-refractivity contribution in [3.05, 3.63) is 97.4 Å². The van der Waals surface area contributed by atoms with Gasteiger partial charge in [0.15, 0.2) is 0 Å². The molecule has 186 valence electrons. The van der Waals surface area contributed by atoms with Gasteiger partial charge >= 0.3 is 0 Å². The third kappa shape index (κ3) is 4.93. The molecule has 4 aromatic rings. The number of pyridine rings is 2. The van der Waals surface area contributed by atoms with Crippen LogP contribution in [-0.4, -0.2) is 19.5 Å². The van der Waals surface area contributed by atoms with Crippen LogP contribution >= 0.6 is 15.9 Å². The fraction of sp³-hybridized carbons (Fsp3) is 0.259. The summed E-state index contributed by atoms with van der Waals surface area (Å²) in [5, 5.41) is 0. The molecular formula is C27H25BrF2N4O2. The summed E-state index contributed by atoms with van der Waals surface area (Å²) < 4.78 is 34.9. The first-order valence-electron chi connectivity index (χ1n) is 11.4. The molecule has 0 amide bonds. The van der Waals surface area contributed by atoms with E-state index in [1.165, 1.54) is 6.07 Å². The molecule has 3 heterocycles. The van der Waals surface area contributed by atoms with Crippen molar-refractivity contribution in [3.63, 3.8) is 0 Å². The van der Waals surface area contributed by atoms with Crippen molar-refractivity contribution in [1.82, 2.24) is 19.5 Å². The van der Waals surface area contributed by atoms with Gasteiger partial charge in [-0.1, -0.05) is 13.8 Å². The van der Waals surface area contributed by atoms with Gasteiger partial charge in [0.1, 0.15) is 34.3 Å². The maximum Gasteiger partial charge on any atom is 0.273 e. The first-order valence-corrected chi connectivity index (χ1v) is 12.2. The van der Waals surface area contributed by atoms with Crippen LogP contribution in [0.15, 0.2) is 52.0 Å². The number of aromatic nitrogens is 4. The molecule has 0 radical (unpaired) electrons. The Bertz CT molecular complexity index is 1520. The molecule has 3 aromatic heterocycles. The maximum absolute atomic E-state index is 14.1. The summed E-state index contributed by atoms with van der Waals surface area (Å²) in [6.07, 6.45) is 3.42. The van der Waals surface area contributed by atoms with Crippen LogP contribution in [-0.2, 0) is 6.61 Å². The van der Waals surface area contributed by atoms with E-state index in [2.05, 4.69) is 25.9 Å². The quantitative estimate of drug-likeness (QED) is 0.277. The summed E-state index contributed by atoms with van der Waals surface area (Å²) in [7, 11) is 0. The van der Waals surface area contributed by atoms with Crippen molar-refractivity contribution in [2.75, 3.05) is 0 Å². The van der Waals surface area contributed by atoms with Gasteiger partial charge in [-0.15, -0.1) is 0 Å². The number of aryl methyl sites for hydroxylation is 1. The number of hydrogen-bond acceptors (Lipinski definition) is 5. The van der Waals surface area contributed by atoms with Gasteiger partial charge in [-0.3, -0.25) is 14.3 Å². The molecule has 1 aromatic carbocycles. The number of halogens is 3. The highest BCUT2D eigenvalue weighted by Crippen LogP contribution is 2.31. The van der Waals surface area contributed by atoms with Gasteiger partial charge in [0, 0.05) is 41.2 Å². The number of nitrogens with zero attached hydrogens (tertiary/aromatic N) is 4. The zero-order valence-electron chi connectivity index (χ0n) is 20.6. The Morgan fingerprint density at radius 2 is 1.83 bits per heavy atom. The molecule has 0 aliphatic rings. The molecule has 0 atom stereocenters. The van der Waals surface area contributed by atoms with E-state index >= 15 is 0 Å². The van der Waals surface area contributed by atoms with E-state index in [1.54, 1.807) is 30.0 Å². The van der Waals surface area contributed by atoms with Crippen LogP contribution < -0.4 is 10.3 Å². The van der Waals surface area contributed by atoms with Gasteiger partial charge in [0.25, 0.3) is 5.56 Å². The van der Waals surface area contributed by atoms with Crippen molar-refractivity contribution in [2.45, 2.75) is 47.1 Å². The van der Waals surface area contributed by atoms with Crippen molar-refractivity contribution in [3.8, 4) is 22.8 Å². The average molecular weight is 555 g/mol. The van der Waals surface area contributed by atoms with E-state index in [0.29, 0.717) is 39.9 Å². The summed E-state index contributed by atoms with van der Waals surface area (Å²) in [5.41, 5.74) is 4.02. The topological polar surface area (TPSA) is 69.9 Å². The zero-order chi connectivity index (χ0) is 26.1. The van der Waals surface area contributed by atoms with Crippen LogP contribution in [0.2, 0.25) is 0 Å². The van der Waals surface area contributed by atoms with E-state index in [1.807, 2.05) is 33.8 Å². The molecule has 0 aliphatic heterocycles. The Hall–Kier alpha value is -3.46. The Morgan fingerprint density at radius 1 is 1.08 bits per heavy atom. The number of benzene rings is 1. The highest BCUT2D eigenvalue weighted by Gasteiger charge is 2.20. The van der Waals surface area contributed by atoms with Crippen LogP contribution in [0, 0.1) is 32.4 Å². The molecule has 4 rings (SSSR count). The molecular weight excluding hydrogens is 530 g/mol. The van der Waals surface area contributed by atoms with Gasteiger partial charge in [-0.25, -0.2) is 18.7 Å². The van der Waals surface area contributed by atoms with Crippen LogP contribution in [0.4, 0.5) is 8.78 Å². The molecule has 0 N–H and O–H groups in total. The van der Waals surface area contributed by atoms with Crippen molar-refractivity contribution in [1.29, 1.82) is 0 Å². The lowest BCUT2D eigenvalue weighted by Gasteiger charge is -2.19. The fourth-order valence-corrected chi connectivity index (χ4v) is 4.39. The zero-order valence-corrected chi connectivity index (χ0v) is 22.2. The smallest absolute Gasteiger partial charge is 0.273 e. The Kier molecular flexibility index (Phi) is 7.31. The normalized spacial score (nSPS) is 11.2. The summed E-state index contributed by atoms with van der Waals surface area (Å²) in [4.78, 5) is 27.0. The highest BCUT2D eigenvalue weighted by atomic mass is 79.9. The van der Waals surface area contributed by atoms with Gasteiger partial charge in [-0.2, -0.15) is 0 Å². The van der Waals surface area contributed by atoms with Gasteiger partial charge in [-0.05, 0) is 66.5 Å². The number of hydrogen-bond donors (Lipinski definition) is 0. The molecule has 36 heavy (non-hydrogen) atoms. The fourth-order valence-electron chi connectivity index (χ4n) is 3.80. The number of rotatable bonds is 6. The molecule has 6 nitrogen and oxygen atoms in total. The van der Waals surface area contributed by atoms with Crippen LogP contribution in [0.1, 0.15) is 48.0 Å². The predicted octanol–water partition coefficient (Wildman–Crippen LogP) is 6.36. The third-order valence-electron chi connectivity index (χ3n) is 5.95. The second-order valence-electron chi connectivity index (χ2n) is 8.83. The summed E-state index contributed by atoms with van der Waals surface area (Å²) in [6.45, 7) is 9.44. The van der Waals surface area contributed by atoms with Crippen molar-refractivity contribution in [2.24, 2.45) is 0 Å². The average Bonchev–Trinajstić information content (AvgIpc) is 2.84. The lowest BCUT2D eigenvalue weighted by atomic mass is 10.1. The first kappa shape index (κ1) is 25.6. The second-order valence-corrected chi connectivity index (χ2v) is 9.63. The van der Waals surface area contributed by atoms with Crippen molar-refractivity contribution < 1.29 is 13.5 Å². The minimum absolute atomic E-state index is 0.154. The molecule has 9 heteroatoms. The highest BCUT2D eigenvalue weighted by molar-refractivity contribution is 9.10. The molecule has 0 unspecified atom stereocenters. The Labute approximate surface area is 216 Å². The minimum Gasteiger partial charge on any atom is -0.487 e. The van der Waals surface area contributed by atoms with E-state index in [0.717, 1.165) is 17.7 Å². The lowest BCUT2D eigenvalue weighted by molar-refractivity contribution is 0.294. The van der Waals surface area contributed by atoms with E-state index < -0.39 is 11.6 Å². The lowest BCUT2D eigenvalue weighted by Crippen LogP contribution is -2.24. The summed E-state index contributed by atoms with van der Waals surface area (Å²) >= 11 is 3.37. The third-order valence-corrected chi connectivity index (χ3v) is 6.65. The van der Waals surface area contributed by atoms with Gasteiger partial charge in [0.05, 0.1) is 17.1 Å². The van der Waals surface area contributed by atoms with E-state index in [9.17, 15) is 13.6 Å². The summed E-state index contributed by atoms with van der Waals surface area (Å²) in [5.74, 6) is -0.194. The SMILES string of the molecule is Cc1cnc(C(C)C)nc1-c1cc(-n2c(C)c(C)c(OCc3ccc(F)cc3F)c(Br)c2=O)ccn1. The molecule has 0 saturated carbocycles. The van der Waals surface area contributed by atoms with Crippen molar-refractivity contribution >= 4 is 15.9 Å². The Morgan fingerprint density at radius 3 is 2.53 bits per heavy atom. The van der Waals surface area contributed by atoms with Crippen LogP contribution in [0.5, 0.6) is 5.75 Å². The molecule has 0 fully saturated rings. The first-order chi connectivity index (χ1) is 17.1. The van der Waals surface area contributed by atoms with E-state index in [-0.39, 0.29) is 28.1 Å². The van der Waals surface area contributed by atoms with Gasteiger partial charge < -0.3 is 4.74 Å². The van der Waals surface area contributed by atoms with E-state index in [4.69, 9.17) is 9.72 Å². The van der Waals surface area contributed by atoms with Crippen LogP contribution in [0.25, 0.3) is 17.1 Å². The Balaban J connectivity index is 1.75. The largest absolute Gasteiger partial charge is 0.487 e. The maximum atomic E-state index is 14.1.